The number of ether oxygens (including phenoxy) is 1. The molecule has 122 valence electrons. The van der Waals surface area contributed by atoms with Crippen LogP contribution in [0.1, 0.15) is 36.0 Å². The van der Waals surface area contributed by atoms with E-state index in [-0.39, 0.29) is 22.8 Å². The molecule has 1 fully saturated rings. The molecule has 0 spiro atoms. The first kappa shape index (κ1) is 16.8. The summed E-state index contributed by atoms with van der Waals surface area (Å²) < 4.78 is 28.5. The molecule has 1 amide bonds. The second-order valence-corrected chi connectivity index (χ2v) is 7.74. The molecule has 7 heteroatoms. The van der Waals surface area contributed by atoms with Crippen molar-refractivity contribution < 1.29 is 23.1 Å². The van der Waals surface area contributed by atoms with Gasteiger partial charge in [0.15, 0.2) is 9.84 Å². The Kier molecular flexibility index (Phi) is 4.77. The van der Waals surface area contributed by atoms with Gasteiger partial charge in [-0.05, 0) is 31.0 Å². The molecular weight excluding hydrogens is 306 g/mol. The van der Waals surface area contributed by atoms with Crippen molar-refractivity contribution in [3.8, 4) is 5.75 Å². The number of carbonyl (C=O) groups is 1. The smallest absolute Gasteiger partial charge is 0.251 e. The van der Waals surface area contributed by atoms with Gasteiger partial charge >= 0.3 is 0 Å². The van der Waals surface area contributed by atoms with Crippen molar-refractivity contribution >= 4 is 15.7 Å². The number of methoxy groups -OCH3 is 1. The van der Waals surface area contributed by atoms with Crippen molar-refractivity contribution in [3.63, 3.8) is 0 Å². The maximum atomic E-state index is 12.2. The van der Waals surface area contributed by atoms with Crippen molar-refractivity contribution in [2.24, 2.45) is 0 Å². The van der Waals surface area contributed by atoms with Gasteiger partial charge in [0, 0.05) is 18.4 Å². The SMILES string of the molecule is COc1ccc(C(=O)NCC2(O)CCCC2)cc1S(C)(=O)=O. The van der Waals surface area contributed by atoms with E-state index in [9.17, 15) is 18.3 Å². The third-order valence-electron chi connectivity index (χ3n) is 3.94. The number of nitrogens with one attached hydrogen (secondary N) is 1. The maximum absolute atomic E-state index is 12.2. The van der Waals surface area contributed by atoms with Crippen LogP contribution in [0.4, 0.5) is 0 Å². The van der Waals surface area contributed by atoms with E-state index in [0.29, 0.717) is 12.8 Å². The molecule has 1 aliphatic carbocycles. The lowest BCUT2D eigenvalue weighted by Gasteiger charge is -2.22. The Bertz CT molecular complexity index is 663. The van der Waals surface area contributed by atoms with E-state index in [1.54, 1.807) is 0 Å². The number of rotatable bonds is 5. The first-order valence-corrected chi connectivity index (χ1v) is 9.03. The van der Waals surface area contributed by atoms with Crippen molar-refractivity contribution in [3.05, 3.63) is 23.8 Å². The zero-order chi connectivity index (χ0) is 16.4. The third kappa shape index (κ3) is 3.78. The van der Waals surface area contributed by atoms with E-state index in [1.165, 1.54) is 25.3 Å². The summed E-state index contributed by atoms with van der Waals surface area (Å²) in [6.07, 6.45) is 4.31. The van der Waals surface area contributed by atoms with Crippen LogP contribution in [-0.2, 0) is 9.84 Å². The summed E-state index contributed by atoms with van der Waals surface area (Å²) in [5, 5.41) is 12.9. The number of hydrogen-bond donors (Lipinski definition) is 2. The lowest BCUT2D eigenvalue weighted by Crippen LogP contribution is -2.40. The zero-order valence-corrected chi connectivity index (χ0v) is 13.6. The number of benzene rings is 1. The molecule has 1 aromatic carbocycles. The second kappa shape index (κ2) is 6.26. The lowest BCUT2D eigenvalue weighted by molar-refractivity contribution is 0.0449. The predicted octanol–water partition coefficient (Wildman–Crippen LogP) is 1.13. The summed E-state index contributed by atoms with van der Waals surface area (Å²) in [4.78, 5) is 12.1. The average Bonchev–Trinajstić information content (AvgIpc) is 2.90. The molecule has 2 N–H and O–H groups in total. The molecular formula is C15H21NO5S. The Labute approximate surface area is 130 Å². The maximum Gasteiger partial charge on any atom is 0.251 e. The van der Waals surface area contributed by atoms with Crippen molar-refractivity contribution in [2.75, 3.05) is 19.9 Å². The standard InChI is InChI=1S/C15H21NO5S/c1-21-12-6-5-11(9-13(12)22(2,19)20)14(17)16-10-15(18)7-3-4-8-15/h5-6,9,18H,3-4,7-8,10H2,1-2H3,(H,16,17). The summed E-state index contributed by atoms with van der Waals surface area (Å²) in [7, 11) is -2.12. The van der Waals surface area contributed by atoms with Crippen LogP contribution in [0.5, 0.6) is 5.75 Å². The average molecular weight is 327 g/mol. The highest BCUT2D eigenvalue weighted by Gasteiger charge is 2.31. The van der Waals surface area contributed by atoms with E-state index in [0.717, 1.165) is 19.1 Å². The van der Waals surface area contributed by atoms with Crippen molar-refractivity contribution in [1.29, 1.82) is 0 Å². The summed E-state index contributed by atoms with van der Waals surface area (Å²) in [6, 6.07) is 4.25. The van der Waals surface area contributed by atoms with Crippen molar-refractivity contribution in [1.82, 2.24) is 5.32 Å². The number of hydrogen-bond acceptors (Lipinski definition) is 5. The molecule has 22 heavy (non-hydrogen) atoms. The van der Waals surface area contributed by atoms with Gasteiger partial charge in [0.05, 0.1) is 12.7 Å². The van der Waals surface area contributed by atoms with Crippen LogP contribution in [0.3, 0.4) is 0 Å². The minimum absolute atomic E-state index is 0.0257. The van der Waals surface area contributed by atoms with E-state index < -0.39 is 21.3 Å². The van der Waals surface area contributed by atoms with Crippen LogP contribution >= 0.6 is 0 Å². The molecule has 0 radical (unpaired) electrons. The Balaban J connectivity index is 2.16. The highest BCUT2D eigenvalue weighted by atomic mass is 32.2. The molecule has 0 saturated heterocycles. The fourth-order valence-corrected chi connectivity index (χ4v) is 3.52. The molecule has 1 aliphatic rings. The number of carbonyl (C=O) groups excluding carboxylic acids is 1. The van der Waals surface area contributed by atoms with Crippen molar-refractivity contribution in [2.45, 2.75) is 36.2 Å². The van der Waals surface area contributed by atoms with Gasteiger partial charge in [0.1, 0.15) is 10.6 Å². The monoisotopic (exact) mass is 327 g/mol. The van der Waals surface area contributed by atoms with Crippen LogP contribution in [0.25, 0.3) is 0 Å². The Morgan fingerprint density at radius 3 is 2.55 bits per heavy atom. The van der Waals surface area contributed by atoms with Gasteiger partial charge in [-0.2, -0.15) is 0 Å². The van der Waals surface area contributed by atoms with E-state index >= 15 is 0 Å². The van der Waals surface area contributed by atoms with Gasteiger partial charge in [-0.1, -0.05) is 12.8 Å². The molecule has 1 saturated carbocycles. The molecule has 0 aliphatic heterocycles. The summed E-state index contributed by atoms with van der Waals surface area (Å²) in [5.41, 5.74) is -0.621. The van der Waals surface area contributed by atoms with E-state index in [4.69, 9.17) is 4.74 Å². The van der Waals surface area contributed by atoms with Crippen LogP contribution in [0.2, 0.25) is 0 Å². The number of aliphatic hydroxyl groups is 1. The van der Waals surface area contributed by atoms with E-state index in [2.05, 4.69) is 5.32 Å². The van der Waals surface area contributed by atoms with Gasteiger partial charge < -0.3 is 15.2 Å². The molecule has 0 atom stereocenters. The van der Waals surface area contributed by atoms with Gasteiger partial charge in [-0.15, -0.1) is 0 Å². The number of amides is 1. The zero-order valence-electron chi connectivity index (χ0n) is 12.8. The number of sulfone groups is 1. The Morgan fingerprint density at radius 1 is 1.36 bits per heavy atom. The minimum atomic E-state index is -3.50. The van der Waals surface area contributed by atoms with Gasteiger partial charge in [0.25, 0.3) is 5.91 Å². The summed E-state index contributed by atoms with van der Waals surface area (Å²) in [5.74, 6) is -0.207. The Morgan fingerprint density at radius 2 is 2.00 bits per heavy atom. The fourth-order valence-electron chi connectivity index (χ4n) is 2.66. The predicted molar refractivity (Wildman–Crippen MR) is 81.9 cm³/mol. The third-order valence-corrected chi connectivity index (χ3v) is 5.06. The van der Waals surface area contributed by atoms with Gasteiger partial charge in [-0.25, -0.2) is 8.42 Å². The first-order chi connectivity index (χ1) is 10.2. The highest BCUT2D eigenvalue weighted by molar-refractivity contribution is 7.90. The quantitative estimate of drug-likeness (QED) is 0.846. The Hall–Kier alpha value is -1.60. The molecule has 0 bridgehead atoms. The molecule has 0 heterocycles. The first-order valence-electron chi connectivity index (χ1n) is 7.14. The second-order valence-electron chi connectivity index (χ2n) is 5.75. The fraction of sp³-hybridized carbons (Fsp3) is 0.533. The summed E-state index contributed by atoms with van der Waals surface area (Å²) in [6.45, 7) is 0.173. The molecule has 1 aromatic rings. The molecule has 0 aromatic heterocycles. The topological polar surface area (TPSA) is 92.7 Å². The van der Waals surface area contributed by atoms with E-state index in [1.807, 2.05) is 0 Å². The minimum Gasteiger partial charge on any atom is -0.495 e. The molecule has 0 unspecified atom stereocenters. The van der Waals surface area contributed by atoms with Crippen LogP contribution in [0, 0.1) is 0 Å². The van der Waals surface area contributed by atoms with Crippen LogP contribution in [-0.4, -0.2) is 44.9 Å². The summed E-state index contributed by atoms with van der Waals surface area (Å²) >= 11 is 0. The van der Waals surface area contributed by atoms with Gasteiger partial charge in [-0.3, -0.25) is 4.79 Å². The van der Waals surface area contributed by atoms with Crippen LogP contribution in [0.15, 0.2) is 23.1 Å². The largest absolute Gasteiger partial charge is 0.495 e. The van der Waals surface area contributed by atoms with Crippen LogP contribution < -0.4 is 10.1 Å². The van der Waals surface area contributed by atoms with Gasteiger partial charge in [0.2, 0.25) is 0 Å². The normalized spacial score (nSPS) is 17.2. The molecule has 6 nitrogen and oxygen atoms in total. The highest BCUT2D eigenvalue weighted by Crippen LogP contribution is 2.29. The molecule has 2 rings (SSSR count). The lowest BCUT2D eigenvalue weighted by atomic mass is 10.0.